The van der Waals surface area contributed by atoms with Gasteiger partial charge in [0.1, 0.15) is 0 Å². The van der Waals surface area contributed by atoms with E-state index >= 15 is 0 Å². The Balaban J connectivity index is 1.93. The van der Waals surface area contributed by atoms with E-state index < -0.39 is 11.7 Å². The first-order valence-electron chi connectivity index (χ1n) is 5.74. The van der Waals surface area contributed by atoms with Gasteiger partial charge in [0.15, 0.2) is 11.6 Å². The van der Waals surface area contributed by atoms with Crippen molar-refractivity contribution in [3.8, 4) is 0 Å². The normalized spacial score (nSPS) is 10.4. The Hall–Kier alpha value is -2.44. The summed E-state index contributed by atoms with van der Waals surface area (Å²) in [5.41, 5.74) is 6.06. The Labute approximate surface area is 109 Å². The van der Waals surface area contributed by atoms with Gasteiger partial charge < -0.3 is 11.1 Å². The van der Waals surface area contributed by atoms with E-state index in [-0.39, 0.29) is 11.4 Å². The monoisotopic (exact) mass is 263 g/mol. The molecule has 2 aromatic rings. The Morgan fingerprint density at radius 2 is 2.32 bits per heavy atom. The van der Waals surface area contributed by atoms with E-state index in [1.54, 1.807) is 4.68 Å². The van der Waals surface area contributed by atoms with E-state index in [2.05, 4.69) is 15.4 Å². The molecule has 0 unspecified atom stereocenters. The summed E-state index contributed by atoms with van der Waals surface area (Å²) in [5.74, 6) is -1.59. The molecule has 0 saturated heterocycles. The van der Waals surface area contributed by atoms with Gasteiger partial charge in [-0.3, -0.25) is 9.48 Å². The van der Waals surface area contributed by atoms with Gasteiger partial charge >= 0.3 is 0 Å². The molecule has 19 heavy (non-hydrogen) atoms. The molecule has 6 nitrogen and oxygen atoms in total. The van der Waals surface area contributed by atoms with Crippen molar-refractivity contribution < 1.29 is 9.18 Å². The Morgan fingerprint density at radius 1 is 1.53 bits per heavy atom. The maximum Gasteiger partial charge on any atom is 0.254 e. The highest BCUT2D eigenvalue weighted by atomic mass is 19.1. The number of halogens is 1. The van der Waals surface area contributed by atoms with Gasteiger partial charge in [0.05, 0.1) is 11.3 Å². The fourth-order valence-corrected chi connectivity index (χ4v) is 1.63. The Bertz CT molecular complexity index is 596. The molecule has 0 aliphatic rings. The first-order valence-corrected chi connectivity index (χ1v) is 5.74. The van der Waals surface area contributed by atoms with Gasteiger partial charge in [-0.05, 0) is 12.1 Å². The SMILES string of the molecule is Cn1ccc(CCNC(=O)c2ccnc(N)c2F)n1. The van der Waals surface area contributed by atoms with Crippen LogP contribution in [0, 0.1) is 5.82 Å². The van der Waals surface area contributed by atoms with E-state index in [4.69, 9.17) is 5.73 Å². The highest BCUT2D eigenvalue weighted by molar-refractivity contribution is 5.95. The summed E-state index contributed by atoms with van der Waals surface area (Å²) in [4.78, 5) is 15.3. The Kier molecular flexibility index (Phi) is 3.74. The number of anilines is 1. The molecule has 0 radical (unpaired) electrons. The first-order chi connectivity index (χ1) is 9.08. The number of hydrogen-bond acceptors (Lipinski definition) is 4. The summed E-state index contributed by atoms with van der Waals surface area (Å²) < 4.78 is 15.2. The van der Waals surface area contributed by atoms with E-state index in [1.165, 1.54) is 12.3 Å². The Morgan fingerprint density at radius 3 is 3.00 bits per heavy atom. The molecular weight excluding hydrogens is 249 g/mol. The molecule has 0 aliphatic carbocycles. The van der Waals surface area contributed by atoms with Crippen molar-refractivity contribution in [3.05, 3.63) is 41.6 Å². The molecule has 2 aromatic heterocycles. The predicted molar refractivity (Wildman–Crippen MR) is 67.9 cm³/mol. The van der Waals surface area contributed by atoms with Crippen LogP contribution in [0.15, 0.2) is 24.5 Å². The second kappa shape index (κ2) is 5.47. The molecule has 0 bridgehead atoms. The number of nitrogens with zero attached hydrogens (tertiary/aromatic N) is 3. The van der Waals surface area contributed by atoms with Crippen molar-refractivity contribution in [2.75, 3.05) is 12.3 Å². The molecular formula is C12H14FN5O. The average molecular weight is 263 g/mol. The molecule has 0 fully saturated rings. The van der Waals surface area contributed by atoms with Gasteiger partial charge in [-0.25, -0.2) is 9.37 Å². The van der Waals surface area contributed by atoms with Crippen LogP contribution in [0.3, 0.4) is 0 Å². The summed E-state index contributed by atoms with van der Waals surface area (Å²) in [6.45, 7) is 0.373. The van der Waals surface area contributed by atoms with E-state index in [1.807, 2.05) is 19.3 Å². The smallest absolute Gasteiger partial charge is 0.254 e. The largest absolute Gasteiger partial charge is 0.381 e. The third kappa shape index (κ3) is 3.06. The van der Waals surface area contributed by atoms with E-state index in [9.17, 15) is 9.18 Å². The summed E-state index contributed by atoms with van der Waals surface area (Å²) in [7, 11) is 1.82. The molecule has 1 amide bonds. The minimum Gasteiger partial charge on any atom is -0.381 e. The number of nitrogens with two attached hydrogens (primary N) is 1. The van der Waals surface area contributed by atoms with Gasteiger partial charge in [-0.15, -0.1) is 0 Å². The van der Waals surface area contributed by atoms with Crippen molar-refractivity contribution in [1.29, 1.82) is 0 Å². The molecule has 2 rings (SSSR count). The van der Waals surface area contributed by atoms with Crippen molar-refractivity contribution in [1.82, 2.24) is 20.1 Å². The van der Waals surface area contributed by atoms with Crippen molar-refractivity contribution in [2.45, 2.75) is 6.42 Å². The van der Waals surface area contributed by atoms with Gasteiger partial charge in [-0.1, -0.05) is 0 Å². The lowest BCUT2D eigenvalue weighted by Gasteiger charge is -2.05. The highest BCUT2D eigenvalue weighted by Gasteiger charge is 2.13. The first kappa shape index (κ1) is 13.0. The number of carbonyl (C=O) groups is 1. The van der Waals surface area contributed by atoms with Gasteiger partial charge in [0.2, 0.25) is 0 Å². The van der Waals surface area contributed by atoms with Crippen LogP contribution in [-0.4, -0.2) is 27.2 Å². The van der Waals surface area contributed by atoms with E-state index in [0.717, 1.165) is 5.69 Å². The van der Waals surface area contributed by atoms with Crippen LogP contribution < -0.4 is 11.1 Å². The highest BCUT2D eigenvalue weighted by Crippen LogP contribution is 2.11. The molecule has 7 heteroatoms. The standard InChI is InChI=1S/C12H14FN5O/c1-18-7-4-8(17-18)2-5-16-12(19)9-3-6-15-11(14)10(9)13/h3-4,6-7H,2,5H2,1H3,(H2,14,15)(H,16,19). The zero-order valence-electron chi connectivity index (χ0n) is 10.4. The zero-order chi connectivity index (χ0) is 13.8. The predicted octanol–water partition coefficient (Wildman–Crippen LogP) is 0.509. The topological polar surface area (TPSA) is 85.8 Å². The number of carbonyl (C=O) groups excluding carboxylic acids is 1. The van der Waals surface area contributed by atoms with Crippen LogP contribution >= 0.6 is 0 Å². The maximum absolute atomic E-state index is 13.5. The van der Waals surface area contributed by atoms with Crippen LogP contribution in [0.2, 0.25) is 0 Å². The minimum absolute atomic E-state index is 0.103. The maximum atomic E-state index is 13.5. The van der Waals surface area contributed by atoms with Crippen molar-refractivity contribution in [2.24, 2.45) is 7.05 Å². The number of amides is 1. The second-order valence-electron chi connectivity index (χ2n) is 4.04. The summed E-state index contributed by atoms with van der Waals surface area (Å²) in [5, 5.41) is 6.79. The number of pyridine rings is 1. The van der Waals surface area contributed by atoms with Crippen LogP contribution in [0.1, 0.15) is 16.1 Å². The summed E-state index contributed by atoms with van der Waals surface area (Å²) in [6, 6.07) is 3.15. The molecule has 2 heterocycles. The van der Waals surface area contributed by atoms with Gasteiger partial charge in [0.25, 0.3) is 5.91 Å². The molecule has 0 saturated carbocycles. The zero-order valence-corrected chi connectivity index (χ0v) is 10.4. The van der Waals surface area contributed by atoms with Crippen molar-refractivity contribution >= 4 is 11.7 Å². The lowest BCUT2D eigenvalue weighted by molar-refractivity contribution is 0.0950. The van der Waals surface area contributed by atoms with Gasteiger partial charge in [-0.2, -0.15) is 5.10 Å². The van der Waals surface area contributed by atoms with Gasteiger partial charge in [0, 0.05) is 32.4 Å². The van der Waals surface area contributed by atoms with Crippen LogP contribution in [0.25, 0.3) is 0 Å². The number of rotatable bonds is 4. The molecule has 3 N–H and O–H groups in total. The number of nitrogens with one attached hydrogen (secondary N) is 1. The van der Waals surface area contributed by atoms with Crippen LogP contribution in [-0.2, 0) is 13.5 Å². The summed E-state index contributed by atoms with van der Waals surface area (Å²) in [6.07, 6.45) is 3.70. The molecule has 0 atom stereocenters. The van der Waals surface area contributed by atoms with Crippen LogP contribution in [0.5, 0.6) is 0 Å². The van der Waals surface area contributed by atoms with Crippen LogP contribution in [0.4, 0.5) is 10.2 Å². The number of hydrogen-bond donors (Lipinski definition) is 2. The van der Waals surface area contributed by atoms with Crippen molar-refractivity contribution in [3.63, 3.8) is 0 Å². The summed E-state index contributed by atoms with van der Waals surface area (Å²) >= 11 is 0. The average Bonchev–Trinajstić information content (AvgIpc) is 2.78. The molecule has 0 spiro atoms. The number of nitrogen functional groups attached to an aromatic ring is 1. The second-order valence-corrected chi connectivity index (χ2v) is 4.04. The molecule has 0 aromatic carbocycles. The lowest BCUT2D eigenvalue weighted by Crippen LogP contribution is -2.27. The van der Waals surface area contributed by atoms with E-state index in [0.29, 0.717) is 13.0 Å². The fourth-order valence-electron chi connectivity index (χ4n) is 1.63. The number of aromatic nitrogens is 3. The molecule has 0 aliphatic heterocycles. The third-order valence-electron chi connectivity index (χ3n) is 2.60. The third-order valence-corrected chi connectivity index (χ3v) is 2.60. The molecule has 100 valence electrons. The minimum atomic E-state index is -0.794. The fraction of sp³-hybridized carbons (Fsp3) is 0.250. The quantitative estimate of drug-likeness (QED) is 0.841. The number of aryl methyl sites for hydroxylation is 1. The lowest BCUT2D eigenvalue weighted by atomic mass is 10.2.